The number of ether oxygens (including phenoxy) is 1. The highest BCUT2D eigenvalue weighted by atomic mass is 19.1. The number of carboxylic acid groups (broad SMARTS) is 1. The number of rotatable bonds is 4. The molecule has 2 aromatic heterocycles. The smallest absolute Gasteiger partial charge is 0.407 e. The van der Waals surface area contributed by atoms with Crippen molar-refractivity contribution in [3.63, 3.8) is 0 Å². The summed E-state index contributed by atoms with van der Waals surface area (Å²) in [7, 11) is 0. The zero-order chi connectivity index (χ0) is 23.0. The number of nitrogens with zero attached hydrogens (tertiary/aromatic N) is 3. The molecule has 1 aliphatic rings. The van der Waals surface area contributed by atoms with E-state index in [9.17, 15) is 14.7 Å². The fourth-order valence-corrected chi connectivity index (χ4v) is 3.84. The van der Waals surface area contributed by atoms with Gasteiger partial charge in [0.2, 0.25) is 0 Å². The lowest BCUT2D eigenvalue weighted by molar-refractivity contribution is -0.0214. The number of hydrogen-bond acceptors (Lipinski definition) is 5. The fraction of sp³-hybridized carbons (Fsp3) is 0.286. The number of pyridine rings is 1. The number of morpholine rings is 1. The van der Waals surface area contributed by atoms with Gasteiger partial charge in [0, 0.05) is 24.7 Å². The van der Waals surface area contributed by atoms with Crippen LogP contribution in [-0.4, -0.2) is 57.2 Å². The summed E-state index contributed by atoms with van der Waals surface area (Å²) < 4.78 is 37.4. The number of carbonyl (C=O) groups excluding carboxylic acids is 1. The summed E-state index contributed by atoms with van der Waals surface area (Å²) in [6.45, 7) is 2.45. The molecule has 4 N–H and O–H groups in total. The average Bonchev–Trinajstić information content (AvgIpc) is 3.09. The molecule has 32 heavy (non-hydrogen) atoms. The first-order chi connectivity index (χ1) is 15.3. The minimum atomic E-state index is -1.06. The molecule has 3 aromatic rings. The van der Waals surface area contributed by atoms with Crippen LogP contribution in [0.4, 0.5) is 13.6 Å². The Bertz CT molecular complexity index is 1190. The Morgan fingerprint density at radius 2 is 2.03 bits per heavy atom. The van der Waals surface area contributed by atoms with Gasteiger partial charge in [0.05, 0.1) is 36.2 Å². The Morgan fingerprint density at radius 1 is 1.31 bits per heavy atom. The molecule has 0 spiro atoms. The first-order valence-electron chi connectivity index (χ1n) is 9.86. The van der Waals surface area contributed by atoms with Crippen molar-refractivity contribution in [2.75, 3.05) is 19.7 Å². The molecule has 168 valence electrons. The highest BCUT2D eigenvalue weighted by Crippen LogP contribution is 2.32. The van der Waals surface area contributed by atoms with Gasteiger partial charge < -0.3 is 19.1 Å². The standard InChI is InChI=1S/C21H21F2N5O4/c1-11-2-3-28-16(9-13-10-27(21(30)31)4-5-32-13)19(25-17(28)6-11)18-14(22)7-12(8-15(18)23)20(29)26-24/h2-3,6-8,13H,4-5,9-10,24H2,1H3,(H,26,29)(H,30,31). The number of halogens is 2. The lowest BCUT2D eigenvalue weighted by Gasteiger charge is -2.31. The zero-order valence-electron chi connectivity index (χ0n) is 17.1. The highest BCUT2D eigenvalue weighted by Gasteiger charge is 2.28. The number of benzene rings is 1. The molecular weight excluding hydrogens is 424 g/mol. The highest BCUT2D eigenvalue weighted by molar-refractivity contribution is 5.94. The van der Waals surface area contributed by atoms with Crippen LogP contribution in [0, 0.1) is 18.6 Å². The second-order valence-corrected chi connectivity index (χ2v) is 7.55. The van der Waals surface area contributed by atoms with Crippen LogP contribution in [0.25, 0.3) is 16.9 Å². The van der Waals surface area contributed by atoms with Crippen molar-refractivity contribution in [1.82, 2.24) is 19.7 Å². The molecule has 1 unspecified atom stereocenters. The number of hydrazine groups is 1. The normalized spacial score (nSPS) is 16.4. The van der Waals surface area contributed by atoms with Crippen LogP contribution in [0.1, 0.15) is 21.6 Å². The van der Waals surface area contributed by atoms with E-state index in [1.807, 2.05) is 18.4 Å². The van der Waals surface area contributed by atoms with Crippen LogP contribution >= 0.6 is 0 Å². The summed E-state index contributed by atoms with van der Waals surface area (Å²) in [5.41, 5.74) is 3.09. The molecule has 1 saturated heterocycles. The summed E-state index contributed by atoms with van der Waals surface area (Å²) >= 11 is 0. The Hall–Kier alpha value is -3.57. The number of amides is 2. The van der Waals surface area contributed by atoms with Gasteiger partial charge in [-0.25, -0.2) is 24.4 Å². The van der Waals surface area contributed by atoms with Crippen LogP contribution in [0.3, 0.4) is 0 Å². The first kappa shape index (κ1) is 21.7. The van der Waals surface area contributed by atoms with E-state index >= 15 is 8.78 Å². The van der Waals surface area contributed by atoms with Gasteiger partial charge in [0.25, 0.3) is 5.91 Å². The predicted octanol–water partition coefficient (Wildman–Crippen LogP) is 2.11. The molecule has 2 amide bonds. The van der Waals surface area contributed by atoms with Gasteiger partial charge in [-0.1, -0.05) is 0 Å². The van der Waals surface area contributed by atoms with Crippen molar-refractivity contribution >= 4 is 17.6 Å². The van der Waals surface area contributed by atoms with E-state index in [-0.39, 0.29) is 42.9 Å². The molecule has 1 atom stereocenters. The molecule has 0 saturated carbocycles. The molecule has 9 nitrogen and oxygen atoms in total. The minimum Gasteiger partial charge on any atom is -0.465 e. The average molecular weight is 445 g/mol. The van der Waals surface area contributed by atoms with Crippen LogP contribution in [-0.2, 0) is 11.2 Å². The molecule has 1 aliphatic heterocycles. The number of aryl methyl sites for hydroxylation is 1. The van der Waals surface area contributed by atoms with E-state index in [1.54, 1.807) is 16.7 Å². The van der Waals surface area contributed by atoms with E-state index in [2.05, 4.69) is 4.98 Å². The maximum atomic E-state index is 15.0. The molecule has 1 fully saturated rings. The van der Waals surface area contributed by atoms with Gasteiger partial charge in [0.15, 0.2) is 0 Å². The van der Waals surface area contributed by atoms with Crippen LogP contribution in [0.2, 0.25) is 0 Å². The minimum absolute atomic E-state index is 0.0568. The molecule has 0 bridgehead atoms. The number of fused-ring (bicyclic) bond motifs is 1. The Labute approximate surface area is 181 Å². The Kier molecular flexibility index (Phi) is 5.76. The van der Waals surface area contributed by atoms with Gasteiger partial charge in [-0.2, -0.15) is 0 Å². The summed E-state index contributed by atoms with van der Waals surface area (Å²) in [6, 6.07) is 5.38. The lowest BCUT2D eigenvalue weighted by atomic mass is 10.0. The van der Waals surface area contributed by atoms with E-state index < -0.39 is 29.7 Å². The number of carbonyl (C=O) groups is 2. The maximum absolute atomic E-state index is 15.0. The van der Waals surface area contributed by atoms with Crippen molar-refractivity contribution < 1.29 is 28.2 Å². The van der Waals surface area contributed by atoms with Crippen LogP contribution in [0.5, 0.6) is 0 Å². The summed E-state index contributed by atoms with van der Waals surface area (Å²) in [4.78, 5) is 28.7. The summed E-state index contributed by atoms with van der Waals surface area (Å²) in [5, 5.41) is 9.29. The number of nitrogens with one attached hydrogen (secondary N) is 1. The first-order valence-corrected chi connectivity index (χ1v) is 9.86. The molecular formula is C21H21F2N5O4. The zero-order valence-corrected chi connectivity index (χ0v) is 17.1. The van der Waals surface area contributed by atoms with Gasteiger partial charge in [-0.05, 0) is 36.8 Å². The lowest BCUT2D eigenvalue weighted by Crippen LogP contribution is -2.45. The molecule has 4 rings (SSSR count). The quantitative estimate of drug-likeness (QED) is 0.321. The maximum Gasteiger partial charge on any atom is 0.407 e. The van der Waals surface area contributed by atoms with Crippen molar-refractivity contribution in [2.45, 2.75) is 19.4 Å². The largest absolute Gasteiger partial charge is 0.465 e. The number of nitrogen functional groups attached to an aromatic ring is 1. The topological polar surface area (TPSA) is 122 Å². The summed E-state index contributed by atoms with van der Waals surface area (Å²) in [6.07, 6.45) is 0.333. The third kappa shape index (κ3) is 3.99. The van der Waals surface area contributed by atoms with E-state index in [0.717, 1.165) is 17.7 Å². The van der Waals surface area contributed by atoms with Crippen molar-refractivity contribution in [3.8, 4) is 11.3 Å². The second kappa shape index (κ2) is 8.52. The third-order valence-electron chi connectivity index (χ3n) is 5.38. The third-order valence-corrected chi connectivity index (χ3v) is 5.38. The van der Waals surface area contributed by atoms with Crippen LogP contribution < -0.4 is 11.3 Å². The molecule has 11 heteroatoms. The van der Waals surface area contributed by atoms with Crippen molar-refractivity contribution in [3.05, 3.63) is 58.9 Å². The molecule has 0 aliphatic carbocycles. The number of hydrogen-bond donors (Lipinski definition) is 3. The monoisotopic (exact) mass is 445 g/mol. The summed E-state index contributed by atoms with van der Waals surface area (Å²) in [5.74, 6) is 2.29. The molecule has 3 heterocycles. The SMILES string of the molecule is Cc1ccn2c(CC3CN(C(=O)O)CCO3)c(-c3c(F)cc(C(=O)NN)cc3F)nc2c1. The predicted molar refractivity (Wildman–Crippen MR) is 110 cm³/mol. The molecule has 1 aromatic carbocycles. The van der Waals surface area contributed by atoms with Crippen LogP contribution in [0.15, 0.2) is 30.5 Å². The van der Waals surface area contributed by atoms with E-state index in [1.165, 1.54) is 4.90 Å². The van der Waals surface area contributed by atoms with Crippen molar-refractivity contribution in [1.29, 1.82) is 0 Å². The van der Waals surface area contributed by atoms with Gasteiger partial charge in [0.1, 0.15) is 17.3 Å². The van der Waals surface area contributed by atoms with E-state index in [0.29, 0.717) is 11.3 Å². The number of imidazole rings is 1. The van der Waals surface area contributed by atoms with Gasteiger partial charge in [-0.15, -0.1) is 0 Å². The van der Waals surface area contributed by atoms with Gasteiger partial charge in [-0.3, -0.25) is 10.2 Å². The Balaban J connectivity index is 1.82. The van der Waals surface area contributed by atoms with Gasteiger partial charge >= 0.3 is 6.09 Å². The van der Waals surface area contributed by atoms with Crippen molar-refractivity contribution in [2.24, 2.45) is 5.84 Å². The molecule has 0 radical (unpaired) electrons. The van der Waals surface area contributed by atoms with E-state index in [4.69, 9.17) is 10.6 Å². The Morgan fingerprint density at radius 3 is 2.69 bits per heavy atom. The second-order valence-electron chi connectivity index (χ2n) is 7.55. The fourth-order valence-electron chi connectivity index (χ4n) is 3.84. The number of nitrogens with two attached hydrogens (primary N) is 1. The number of aromatic nitrogens is 2.